The fourth-order valence-electron chi connectivity index (χ4n) is 1.08. The highest BCUT2D eigenvalue weighted by atomic mass is 16.6. The van der Waals surface area contributed by atoms with Crippen LogP contribution in [0, 0.1) is 5.92 Å². The molecule has 1 atom stereocenters. The van der Waals surface area contributed by atoms with Crippen LogP contribution in [-0.4, -0.2) is 23.3 Å². The highest BCUT2D eigenvalue weighted by Gasteiger charge is 2.19. The zero-order valence-corrected chi connectivity index (χ0v) is 9.25. The zero-order chi connectivity index (χ0) is 11.2. The standard InChI is InChI=1S/C11H20O3/c1-5-6-9(8-12)7-10(13)14-11(2,3)4/h5,9,12H,1,6-8H2,2-4H3/t9-/m0/s1. The third kappa shape index (κ3) is 6.66. The highest BCUT2D eigenvalue weighted by molar-refractivity contribution is 5.70. The number of ether oxygens (including phenoxy) is 1. The van der Waals surface area contributed by atoms with Gasteiger partial charge in [0, 0.05) is 6.61 Å². The minimum atomic E-state index is -0.453. The summed E-state index contributed by atoms with van der Waals surface area (Å²) in [5, 5.41) is 8.95. The predicted octanol–water partition coefficient (Wildman–Crippen LogP) is 1.90. The van der Waals surface area contributed by atoms with Crippen molar-refractivity contribution in [3.8, 4) is 0 Å². The Morgan fingerprint density at radius 2 is 2.14 bits per heavy atom. The van der Waals surface area contributed by atoms with Gasteiger partial charge in [0.1, 0.15) is 5.60 Å². The summed E-state index contributed by atoms with van der Waals surface area (Å²) < 4.78 is 5.13. The van der Waals surface area contributed by atoms with E-state index in [0.29, 0.717) is 6.42 Å². The Hall–Kier alpha value is -0.830. The van der Waals surface area contributed by atoms with E-state index < -0.39 is 5.60 Å². The van der Waals surface area contributed by atoms with Gasteiger partial charge in [0.2, 0.25) is 0 Å². The van der Waals surface area contributed by atoms with Gasteiger partial charge in [-0.2, -0.15) is 0 Å². The molecule has 0 amide bonds. The van der Waals surface area contributed by atoms with E-state index in [1.54, 1.807) is 6.08 Å². The van der Waals surface area contributed by atoms with E-state index in [0.717, 1.165) is 0 Å². The summed E-state index contributed by atoms with van der Waals surface area (Å²) in [7, 11) is 0. The molecule has 0 aromatic carbocycles. The second-order valence-corrected chi connectivity index (χ2v) is 4.36. The first-order chi connectivity index (χ1) is 6.39. The van der Waals surface area contributed by atoms with Crippen molar-refractivity contribution in [3.63, 3.8) is 0 Å². The number of carbonyl (C=O) groups is 1. The quantitative estimate of drug-likeness (QED) is 0.544. The maximum absolute atomic E-state index is 11.3. The third-order valence-electron chi connectivity index (χ3n) is 1.63. The first kappa shape index (κ1) is 13.2. The monoisotopic (exact) mass is 200 g/mol. The van der Waals surface area contributed by atoms with Crippen molar-refractivity contribution in [1.29, 1.82) is 0 Å². The Labute approximate surface area is 85.8 Å². The molecule has 3 nitrogen and oxygen atoms in total. The van der Waals surface area contributed by atoms with Crippen LogP contribution in [-0.2, 0) is 9.53 Å². The number of aliphatic hydroxyl groups is 1. The van der Waals surface area contributed by atoms with Gasteiger partial charge < -0.3 is 9.84 Å². The maximum Gasteiger partial charge on any atom is 0.306 e. The van der Waals surface area contributed by atoms with Crippen molar-refractivity contribution in [1.82, 2.24) is 0 Å². The molecule has 0 unspecified atom stereocenters. The number of allylic oxidation sites excluding steroid dienone is 1. The molecule has 0 rings (SSSR count). The smallest absolute Gasteiger partial charge is 0.306 e. The molecule has 3 heteroatoms. The number of rotatable bonds is 5. The van der Waals surface area contributed by atoms with Crippen LogP contribution >= 0.6 is 0 Å². The molecule has 14 heavy (non-hydrogen) atoms. The molecule has 0 aromatic rings. The lowest BCUT2D eigenvalue weighted by atomic mass is 10.0. The van der Waals surface area contributed by atoms with Gasteiger partial charge in [0.15, 0.2) is 0 Å². The summed E-state index contributed by atoms with van der Waals surface area (Å²) in [4.78, 5) is 11.3. The molecular formula is C11H20O3. The van der Waals surface area contributed by atoms with Gasteiger partial charge in [0.25, 0.3) is 0 Å². The van der Waals surface area contributed by atoms with Crippen LogP contribution < -0.4 is 0 Å². The van der Waals surface area contributed by atoms with Crippen LogP contribution in [0.15, 0.2) is 12.7 Å². The van der Waals surface area contributed by atoms with Crippen LogP contribution in [0.5, 0.6) is 0 Å². The topological polar surface area (TPSA) is 46.5 Å². The molecular weight excluding hydrogens is 180 g/mol. The van der Waals surface area contributed by atoms with Gasteiger partial charge in [-0.05, 0) is 33.1 Å². The van der Waals surface area contributed by atoms with E-state index in [-0.39, 0.29) is 24.9 Å². The molecule has 0 spiro atoms. The Bertz CT molecular complexity index is 191. The van der Waals surface area contributed by atoms with Crippen LogP contribution in [0.25, 0.3) is 0 Å². The van der Waals surface area contributed by atoms with E-state index in [2.05, 4.69) is 6.58 Å². The van der Waals surface area contributed by atoms with Gasteiger partial charge >= 0.3 is 5.97 Å². The van der Waals surface area contributed by atoms with Gasteiger partial charge in [-0.25, -0.2) is 0 Å². The third-order valence-corrected chi connectivity index (χ3v) is 1.63. The molecule has 0 aliphatic heterocycles. The first-order valence-corrected chi connectivity index (χ1v) is 4.82. The molecule has 0 radical (unpaired) electrons. The molecule has 0 aliphatic rings. The minimum Gasteiger partial charge on any atom is -0.460 e. The first-order valence-electron chi connectivity index (χ1n) is 4.82. The fraction of sp³-hybridized carbons (Fsp3) is 0.727. The van der Waals surface area contributed by atoms with E-state index in [4.69, 9.17) is 9.84 Å². The SMILES string of the molecule is C=CC[C@H](CO)CC(=O)OC(C)(C)C. The van der Waals surface area contributed by atoms with Crippen molar-refractivity contribution in [2.24, 2.45) is 5.92 Å². The summed E-state index contributed by atoms with van der Waals surface area (Å²) in [5.74, 6) is -0.333. The van der Waals surface area contributed by atoms with Crippen molar-refractivity contribution in [2.75, 3.05) is 6.61 Å². The molecule has 0 saturated heterocycles. The molecule has 0 bridgehead atoms. The number of esters is 1. The van der Waals surface area contributed by atoms with Crippen LogP contribution in [0.4, 0.5) is 0 Å². The normalized spacial score (nSPS) is 13.4. The lowest BCUT2D eigenvalue weighted by Crippen LogP contribution is -2.25. The molecule has 0 fully saturated rings. The Kier molecular flexibility index (Phi) is 5.46. The molecule has 82 valence electrons. The summed E-state index contributed by atoms with van der Waals surface area (Å²) >= 11 is 0. The minimum absolute atomic E-state index is 0.00867. The van der Waals surface area contributed by atoms with E-state index in [1.165, 1.54) is 0 Å². The highest BCUT2D eigenvalue weighted by Crippen LogP contribution is 2.14. The second-order valence-electron chi connectivity index (χ2n) is 4.36. The number of hydrogen-bond donors (Lipinski definition) is 1. The lowest BCUT2D eigenvalue weighted by Gasteiger charge is -2.21. The zero-order valence-electron chi connectivity index (χ0n) is 9.25. The summed E-state index contributed by atoms with van der Waals surface area (Å²) in [6, 6.07) is 0. The molecule has 0 saturated carbocycles. The van der Waals surface area contributed by atoms with Crippen molar-refractivity contribution in [2.45, 2.75) is 39.2 Å². The molecule has 1 N–H and O–H groups in total. The number of hydrogen-bond acceptors (Lipinski definition) is 3. The Balaban J connectivity index is 3.96. The van der Waals surface area contributed by atoms with E-state index in [9.17, 15) is 4.79 Å². The lowest BCUT2D eigenvalue weighted by molar-refractivity contribution is -0.156. The van der Waals surface area contributed by atoms with Gasteiger partial charge in [-0.1, -0.05) is 6.08 Å². The maximum atomic E-state index is 11.3. The van der Waals surface area contributed by atoms with E-state index >= 15 is 0 Å². The van der Waals surface area contributed by atoms with Crippen molar-refractivity contribution >= 4 is 5.97 Å². The van der Waals surface area contributed by atoms with Crippen LogP contribution in [0.3, 0.4) is 0 Å². The van der Waals surface area contributed by atoms with Crippen LogP contribution in [0.1, 0.15) is 33.6 Å². The average molecular weight is 200 g/mol. The largest absolute Gasteiger partial charge is 0.460 e. The Morgan fingerprint density at radius 3 is 2.50 bits per heavy atom. The predicted molar refractivity (Wildman–Crippen MR) is 55.9 cm³/mol. The molecule has 0 aromatic heterocycles. The number of carbonyl (C=O) groups excluding carboxylic acids is 1. The summed E-state index contributed by atoms with van der Waals surface area (Å²) in [6.45, 7) is 9.04. The van der Waals surface area contributed by atoms with Crippen molar-refractivity contribution < 1.29 is 14.6 Å². The van der Waals surface area contributed by atoms with Gasteiger partial charge in [0.05, 0.1) is 6.42 Å². The van der Waals surface area contributed by atoms with Crippen LogP contribution in [0.2, 0.25) is 0 Å². The van der Waals surface area contributed by atoms with Gasteiger partial charge in [-0.3, -0.25) is 4.79 Å². The number of aliphatic hydroxyl groups excluding tert-OH is 1. The average Bonchev–Trinajstić information content (AvgIpc) is 2.00. The summed E-state index contributed by atoms with van der Waals surface area (Å²) in [6.07, 6.45) is 2.58. The Morgan fingerprint density at radius 1 is 1.57 bits per heavy atom. The second kappa shape index (κ2) is 5.81. The van der Waals surface area contributed by atoms with Gasteiger partial charge in [-0.15, -0.1) is 6.58 Å². The van der Waals surface area contributed by atoms with Crippen molar-refractivity contribution in [3.05, 3.63) is 12.7 Å². The molecule has 0 heterocycles. The fourth-order valence-corrected chi connectivity index (χ4v) is 1.08. The summed E-state index contributed by atoms with van der Waals surface area (Å²) in [5.41, 5.74) is -0.453. The molecule has 0 aliphatic carbocycles. The van der Waals surface area contributed by atoms with E-state index in [1.807, 2.05) is 20.8 Å².